The van der Waals surface area contributed by atoms with Crippen LogP contribution >= 0.6 is 11.3 Å². The number of hydrogen-bond acceptors (Lipinski definition) is 4. The third kappa shape index (κ3) is 2.44. The van der Waals surface area contributed by atoms with Crippen LogP contribution in [0.3, 0.4) is 0 Å². The van der Waals surface area contributed by atoms with Gasteiger partial charge in [0.25, 0.3) is 0 Å². The monoisotopic (exact) mass is 373 g/mol. The summed E-state index contributed by atoms with van der Waals surface area (Å²) >= 11 is 1.60. The van der Waals surface area contributed by atoms with Crippen LogP contribution in [0.4, 0.5) is 0 Å². The molecule has 0 radical (unpaired) electrons. The number of methoxy groups -OCH3 is 1. The zero-order valence-electron chi connectivity index (χ0n) is 16.6. The molecule has 4 fully saturated rings. The maximum Gasteiger partial charge on any atom is 0.163 e. The van der Waals surface area contributed by atoms with Gasteiger partial charge in [0.2, 0.25) is 0 Å². The zero-order valence-corrected chi connectivity index (χ0v) is 17.4. The minimum absolute atomic E-state index is 0.0513. The normalized spacial score (nSPS) is 36.8. The molecule has 1 aliphatic carbocycles. The van der Waals surface area contributed by atoms with Gasteiger partial charge in [-0.2, -0.15) is 0 Å². The highest BCUT2D eigenvalue weighted by Gasteiger charge is 2.72. The van der Waals surface area contributed by atoms with E-state index in [0.717, 1.165) is 37.4 Å². The van der Waals surface area contributed by atoms with Crippen molar-refractivity contribution in [2.24, 2.45) is 22.7 Å². The molecule has 3 aliphatic heterocycles. The van der Waals surface area contributed by atoms with E-state index in [1.807, 2.05) is 17.5 Å². The molecule has 0 spiro atoms. The van der Waals surface area contributed by atoms with E-state index in [4.69, 9.17) is 4.74 Å². The summed E-state index contributed by atoms with van der Waals surface area (Å²) in [5.74, 6) is 7.45. The van der Waals surface area contributed by atoms with Crippen molar-refractivity contribution in [1.82, 2.24) is 4.90 Å². The molecule has 4 heteroatoms. The molecule has 1 aromatic heterocycles. The van der Waals surface area contributed by atoms with Gasteiger partial charge in [0, 0.05) is 30.4 Å². The lowest BCUT2D eigenvalue weighted by Crippen LogP contribution is -2.59. The highest BCUT2D eigenvalue weighted by Crippen LogP contribution is 2.74. The zero-order chi connectivity index (χ0) is 18.8. The Morgan fingerprint density at radius 3 is 2.31 bits per heavy atom. The third-order valence-corrected chi connectivity index (χ3v) is 8.86. The van der Waals surface area contributed by atoms with Crippen molar-refractivity contribution in [3.8, 4) is 11.8 Å². The van der Waals surface area contributed by atoms with Gasteiger partial charge in [0.15, 0.2) is 5.60 Å². The minimum atomic E-state index is -1.11. The number of rotatable bonds is 3. The van der Waals surface area contributed by atoms with Gasteiger partial charge < -0.3 is 9.84 Å². The molecule has 1 unspecified atom stereocenters. The summed E-state index contributed by atoms with van der Waals surface area (Å²) in [6.45, 7) is 12.1. The van der Waals surface area contributed by atoms with Crippen LogP contribution in [-0.2, 0) is 10.3 Å². The van der Waals surface area contributed by atoms with Gasteiger partial charge in [-0.05, 0) is 48.2 Å². The lowest BCUT2D eigenvalue weighted by Gasteiger charge is -2.49. The molecule has 142 valence electrons. The average Bonchev–Trinajstić information content (AvgIpc) is 3.02. The number of thiophene rings is 1. The van der Waals surface area contributed by atoms with Crippen LogP contribution in [-0.4, -0.2) is 42.4 Å². The molecule has 5 rings (SSSR count). The van der Waals surface area contributed by atoms with Gasteiger partial charge >= 0.3 is 0 Å². The van der Waals surface area contributed by atoms with Gasteiger partial charge in [-0.15, -0.1) is 11.3 Å². The molecule has 4 heterocycles. The van der Waals surface area contributed by atoms with Crippen molar-refractivity contribution in [3.05, 3.63) is 22.4 Å². The number of hydrogen-bond donors (Lipinski definition) is 1. The Bertz CT molecular complexity index is 722. The van der Waals surface area contributed by atoms with Crippen LogP contribution in [0.2, 0.25) is 0 Å². The third-order valence-electron chi connectivity index (χ3n) is 7.87. The first kappa shape index (κ1) is 18.5. The Labute approximate surface area is 161 Å². The van der Waals surface area contributed by atoms with Crippen molar-refractivity contribution in [3.63, 3.8) is 0 Å². The van der Waals surface area contributed by atoms with Crippen LogP contribution in [0.25, 0.3) is 0 Å². The SMILES string of the molecule is CO[C@]1(C#CC(O)(c2cccs2)C2C(C)(C)C2(C)C)CN2CCC1CC2. The Hall–Kier alpha value is -0.860. The molecule has 2 atom stereocenters. The Kier molecular flexibility index (Phi) is 4.14. The summed E-state index contributed by atoms with van der Waals surface area (Å²) in [6.07, 6.45) is 2.28. The molecule has 26 heavy (non-hydrogen) atoms. The predicted molar refractivity (Wildman–Crippen MR) is 106 cm³/mol. The fourth-order valence-corrected chi connectivity index (χ4v) is 6.47. The molecule has 1 N–H and O–H groups in total. The molecule has 3 saturated heterocycles. The second-order valence-corrected chi connectivity index (χ2v) is 10.5. The fraction of sp³-hybridized carbons (Fsp3) is 0.727. The Morgan fingerprint density at radius 1 is 1.23 bits per heavy atom. The number of fused-ring (bicyclic) bond motifs is 3. The van der Waals surface area contributed by atoms with Crippen LogP contribution in [0.15, 0.2) is 17.5 Å². The lowest BCUT2D eigenvalue weighted by molar-refractivity contribution is -0.0966. The van der Waals surface area contributed by atoms with E-state index in [1.54, 1.807) is 18.4 Å². The van der Waals surface area contributed by atoms with Gasteiger partial charge in [0.05, 0.1) is 0 Å². The first-order valence-corrected chi connectivity index (χ1v) is 10.6. The first-order chi connectivity index (χ1) is 12.2. The van der Waals surface area contributed by atoms with E-state index in [1.165, 1.54) is 0 Å². The number of ether oxygens (including phenoxy) is 1. The topological polar surface area (TPSA) is 32.7 Å². The second-order valence-electron chi connectivity index (χ2n) is 9.51. The highest BCUT2D eigenvalue weighted by atomic mass is 32.1. The van der Waals surface area contributed by atoms with E-state index in [2.05, 4.69) is 44.4 Å². The fourth-order valence-electron chi connectivity index (χ4n) is 5.66. The molecule has 0 amide bonds. The molecule has 1 saturated carbocycles. The molecule has 0 aromatic carbocycles. The maximum absolute atomic E-state index is 11.9. The largest absolute Gasteiger partial charge is 0.372 e. The molecular formula is C22H31NO2S. The van der Waals surface area contributed by atoms with Crippen LogP contribution in [0.1, 0.15) is 45.4 Å². The average molecular weight is 374 g/mol. The number of nitrogens with zero attached hydrogens (tertiary/aromatic N) is 1. The summed E-state index contributed by atoms with van der Waals surface area (Å²) in [7, 11) is 1.78. The second kappa shape index (κ2) is 5.82. The van der Waals surface area contributed by atoms with E-state index < -0.39 is 11.2 Å². The van der Waals surface area contributed by atoms with Crippen molar-refractivity contribution < 1.29 is 9.84 Å². The van der Waals surface area contributed by atoms with Crippen molar-refractivity contribution in [2.75, 3.05) is 26.7 Å². The van der Waals surface area contributed by atoms with E-state index >= 15 is 0 Å². The summed E-state index contributed by atoms with van der Waals surface area (Å²) in [6, 6.07) is 4.04. The van der Waals surface area contributed by atoms with Gasteiger partial charge in [-0.1, -0.05) is 45.6 Å². The van der Waals surface area contributed by atoms with Crippen molar-refractivity contribution in [2.45, 2.75) is 51.7 Å². The summed E-state index contributed by atoms with van der Waals surface area (Å²) in [4.78, 5) is 3.41. The summed E-state index contributed by atoms with van der Waals surface area (Å²) in [5.41, 5.74) is -1.45. The van der Waals surface area contributed by atoms with Crippen molar-refractivity contribution >= 4 is 11.3 Å². The standard InChI is InChI=1S/C22H31NO2S/c1-19(2)18(20(19,3)4)22(24,17-7-6-14-26-17)11-10-21(25-5)15-23-12-8-16(21)9-13-23/h6-7,14,16,18,24H,8-9,12-13,15H2,1-5H3/t21-,22?/m1/s1. The van der Waals surface area contributed by atoms with Crippen LogP contribution < -0.4 is 0 Å². The van der Waals surface area contributed by atoms with Crippen molar-refractivity contribution in [1.29, 1.82) is 0 Å². The molecule has 1 aromatic rings. The van der Waals surface area contributed by atoms with Gasteiger partial charge in [-0.3, -0.25) is 4.90 Å². The molecule has 3 nitrogen and oxygen atoms in total. The number of aliphatic hydroxyl groups is 1. The lowest BCUT2D eigenvalue weighted by atomic mass is 9.75. The highest BCUT2D eigenvalue weighted by molar-refractivity contribution is 7.10. The number of piperidine rings is 3. The maximum atomic E-state index is 11.9. The minimum Gasteiger partial charge on any atom is -0.372 e. The quantitative estimate of drug-likeness (QED) is 0.820. The van der Waals surface area contributed by atoms with Crippen LogP contribution in [0, 0.1) is 34.5 Å². The van der Waals surface area contributed by atoms with Crippen LogP contribution in [0.5, 0.6) is 0 Å². The van der Waals surface area contributed by atoms with Gasteiger partial charge in [-0.25, -0.2) is 0 Å². The van der Waals surface area contributed by atoms with E-state index in [0.29, 0.717) is 5.92 Å². The Balaban J connectivity index is 1.75. The summed E-state index contributed by atoms with van der Waals surface area (Å²) < 4.78 is 6.01. The molecule has 2 bridgehead atoms. The van der Waals surface area contributed by atoms with Gasteiger partial charge in [0.1, 0.15) is 5.60 Å². The molecular weight excluding hydrogens is 342 g/mol. The molecule has 4 aliphatic rings. The Morgan fingerprint density at radius 2 is 1.88 bits per heavy atom. The smallest absolute Gasteiger partial charge is 0.163 e. The summed E-state index contributed by atoms with van der Waals surface area (Å²) in [5, 5.41) is 13.9. The van der Waals surface area contributed by atoms with E-state index in [-0.39, 0.29) is 16.7 Å². The first-order valence-electron chi connectivity index (χ1n) is 9.75. The predicted octanol–water partition coefficient (Wildman–Crippen LogP) is 3.73. The van der Waals surface area contributed by atoms with E-state index in [9.17, 15) is 5.11 Å².